The van der Waals surface area contributed by atoms with Gasteiger partial charge in [-0.15, -0.1) is 10.2 Å². The molecule has 1 aliphatic rings. The minimum atomic E-state index is -0.0287. The predicted molar refractivity (Wildman–Crippen MR) is 130 cm³/mol. The molecule has 0 radical (unpaired) electrons. The maximum absolute atomic E-state index is 12.8. The van der Waals surface area contributed by atoms with Gasteiger partial charge < -0.3 is 14.6 Å². The monoisotopic (exact) mass is 465 g/mol. The Morgan fingerprint density at radius 1 is 1.18 bits per heavy atom. The number of ether oxygens (including phenoxy) is 1. The van der Waals surface area contributed by atoms with E-state index in [-0.39, 0.29) is 23.7 Å². The molecule has 8 heteroatoms. The number of amides is 1. The molecule has 2 aromatic carbocycles. The first kappa shape index (κ1) is 23.3. The third kappa shape index (κ3) is 5.57. The van der Waals surface area contributed by atoms with Crippen LogP contribution in [0.4, 0.5) is 0 Å². The lowest BCUT2D eigenvalue weighted by molar-refractivity contribution is -0.119. The van der Waals surface area contributed by atoms with Crippen molar-refractivity contribution in [3.05, 3.63) is 71.5 Å². The summed E-state index contributed by atoms with van der Waals surface area (Å²) in [6, 6.07) is 18.3. The predicted octanol–water partition coefficient (Wildman–Crippen LogP) is 4.07. The van der Waals surface area contributed by atoms with Gasteiger partial charge in [0.1, 0.15) is 5.75 Å². The van der Waals surface area contributed by atoms with Gasteiger partial charge in [0, 0.05) is 12.0 Å². The van der Waals surface area contributed by atoms with Crippen molar-refractivity contribution in [2.45, 2.75) is 43.6 Å². The molecule has 0 aliphatic carbocycles. The number of fused-ring (bicyclic) bond motifs is 1. The minimum Gasteiger partial charge on any atom is -0.493 e. The minimum absolute atomic E-state index is 0.0165. The van der Waals surface area contributed by atoms with Crippen molar-refractivity contribution in [1.29, 1.82) is 0 Å². The fraction of sp³-hybridized carbons (Fsp3) is 0.400. The van der Waals surface area contributed by atoms with Crippen LogP contribution in [-0.2, 0) is 11.3 Å². The lowest BCUT2D eigenvalue weighted by Crippen LogP contribution is -2.33. The molecule has 0 spiro atoms. The molecule has 4 rings (SSSR count). The van der Waals surface area contributed by atoms with E-state index < -0.39 is 0 Å². The summed E-state index contributed by atoms with van der Waals surface area (Å²) in [5, 5.41) is 12.9. The maximum atomic E-state index is 12.8. The number of nitrogens with zero attached hydrogens (tertiary/aromatic N) is 4. The van der Waals surface area contributed by atoms with Crippen LogP contribution in [0.3, 0.4) is 0 Å². The van der Waals surface area contributed by atoms with E-state index in [1.54, 1.807) is 0 Å². The second kappa shape index (κ2) is 10.9. The van der Waals surface area contributed by atoms with Crippen molar-refractivity contribution < 1.29 is 9.53 Å². The Labute approximate surface area is 199 Å². The molecular weight excluding hydrogens is 434 g/mol. The van der Waals surface area contributed by atoms with Crippen LogP contribution in [0.25, 0.3) is 0 Å². The Hall–Kier alpha value is -2.84. The van der Waals surface area contributed by atoms with E-state index >= 15 is 0 Å². The third-order valence-corrected chi connectivity index (χ3v) is 6.83. The molecule has 0 saturated carbocycles. The average Bonchev–Trinajstić information content (AvgIpc) is 3.21. The Morgan fingerprint density at radius 3 is 2.70 bits per heavy atom. The van der Waals surface area contributed by atoms with Crippen molar-refractivity contribution in [2.75, 3.05) is 26.5 Å². The van der Waals surface area contributed by atoms with Crippen LogP contribution in [-0.4, -0.2) is 52.0 Å². The Bertz CT molecular complexity index is 1070. The zero-order valence-electron chi connectivity index (χ0n) is 19.4. The van der Waals surface area contributed by atoms with E-state index in [4.69, 9.17) is 4.74 Å². The van der Waals surface area contributed by atoms with Crippen LogP contribution >= 0.6 is 11.8 Å². The smallest absolute Gasteiger partial charge is 0.230 e. The van der Waals surface area contributed by atoms with E-state index in [1.807, 2.05) is 42.5 Å². The molecule has 1 aliphatic heterocycles. The number of rotatable bonds is 9. The first-order valence-electron chi connectivity index (χ1n) is 11.3. The third-order valence-electron chi connectivity index (χ3n) is 5.86. The maximum Gasteiger partial charge on any atom is 0.230 e. The molecule has 0 fully saturated rings. The molecule has 2 atom stereocenters. The summed E-state index contributed by atoms with van der Waals surface area (Å²) in [5.74, 6) is 2.04. The van der Waals surface area contributed by atoms with Crippen molar-refractivity contribution in [2.24, 2.45) is 0 Å². The van der Waals surface area contributed by atoms with E-state index in [9.17, 15) is 4.79 Å². The number of carbonyl (C=O) groups excluding carboxylic acids is 1. The second-order valence-electron chi connectivity index (χ2n) is 8.38. The Morgan fingerprint density at radius 2 is 1.94 bits per heavy atom. The summed E-state index contributed by atoms with van der Waals surface area (Å²) in [7, 11) is 4.11. The highest BCUT2D eigenvalue weighted by Crippen LogP contribution is 2.32. The molecule has 0 saturated heterocycles. The molecule has 1 aromatic heterocycles. The van der Waals surface area contributed by atoms with Crippen molar-refractivity contribution >= 4 is 17.7 Å². The molecule has 7 nitrogen and oxygen atoms in total. The van der Waals surface area contributed by atoms with E-state index in [2.05, 4.69) is 58.1 Å². The van der Waals surface area contributed by atoms with Gasteiger partial charge in [0.25, 0.3) is 0 Å². The largest absolute Gasteiger partial charge is 0.493 e. The molecule has 3 aromatic rings. The fourth-order valence-electron chi connectivity index (χ4n) is 4.20. The van der Waals surface area contributed by atoms with Gasteiger partial charge >= 0.3 is 0 Å². The number of nitrogens with one attached hydrogen (secondary N) is 1. The van der Waals surface area contributed by atoms with Gasteiger partial charge in [0.2, 0.25) is 5.91 Å². The summed E-state index contributed by atoms with van der Waals surface area (Å²) in [6.45, 7) is 3.43. The van der Waals surface area contributed by atoms with E-state index in [0.717, 1.165) is 35.1 Å². The first-order chi connectivity index (χ1) is 16.1. The standard InChI is InChI=1S/C25H31N5O2S/c1-4-21(29(2)3)24-27-28-25(30(24)16-18-10-6-5-7-11-18)33-17-23(31)26-20-14-15-32-22-13-9-8-12-19(20)22/h5-13,20-21H,4,14-17H2,1-3H3,(H,26,31). The summed E-state index contributed by atoms with van der Waals surface area (Å²) >= 11 is 1.43. The Kier molecular flexibility index (Phi) is 7.67. The van der Waals surface area contributed by atoms with E-state index in [1.165, 1.54) is 17.3 Å². The van der Waals surface area contributed by atoms with Gasteiger partial charge in [-0.05, 0) is 32.1 Å². The van der Waals surface area contributed by atoms with Crippen LogP contribution in [0.2, 0.25) is 0 Å². The molecular formula is C25H31N5O2S. The summed E-state index contributed by atoms with van der Waals surface area (Å²) in [4.78, 5) is 15.0. The normalized spacial score (nSPS) is 16.2. The number of hydrogen-bond acceptors (Lipinski definition) is 6. The van der Waals surface area contributed by atoms with Crippen LogP contribution in [0.5, 0.6) is 5.75 Å². The highest BCUT2D eigenvalue weighted by atomic mass is 32.2. The zero-order chi connectivity index (χ0) is 23.2. The highest BCUT2D eigenvalue weighted by Gasteiger charge is 2.25. The van der Waals surface area contributed by atoms with E-state index in [0.29, 0.717) is 13.2 Å². The van der Waals surface area contributed by atoms with Gasteiger partial charge in [-0.1, -0.05) is 67.2 Å². The number of hydrogen-bond donors (Lipinski definition) is 1. The molecule has 2 unspecified atom stereocenters. The van der Waals surface area contributed by atoms with Crippen molar-refractivity contribution in [1.82, 2.24) is 25.0 Å². The number of aromatic nitrogens is 3. The van der Waals surface area contributed by atoms with Gasteiger partial charge in [0.05, 0.1) is 31.0 Å². The van der Waals surface area contributed by atoms with Gasteiger partial charge in [-0.2, -0.15) is 0 Å². The number of thioether (sulfide) groups is 1. The van der Waals surface area contributed by atoms with Crippen LogP contribution in [0.15, 0.2) is 59.8 Å². The van der Waals surface area contributed by atoms with Crippen LogP contribution in [0.1, 0.15) is 48.8 Å². The summed E-state index contributed by atoms with van der Waals surface area (Å²) in [6.07, 6.45) is 1.69. The molecule has 1 amide bonds. The summed E-state index contributed by atoms with van der Waals surface area (Å²) in [5.41, 5.74) is 2.21. The average molecular weight is 466 g/mol. The van der Waals surface area contributed by atoms with Crippen molar-refractivity contribution in [3.8, 4) is 5.75 Å². The SMILES string of the molecule is CCC(c1nnc(SCC(=O)NC2CCOc3ccccc32)n1Cc1ccccc1)N(C)C. The topological polar surface area (TPSA) is 72.3 Å². The quantitative estimate of drug-likeness (QED) is 0.480. The van der Waals surface area contributed by atoms with Gasteiger partial charge in [-0.3, -0.25) is 9.69 Å². The second-order valence-corrected chi connectivity index (χ2v) is 9.33. The number of carbonyl (C=O) groups is 1. The van der Waals surface area contributed by atoms with Crippen LogP contribution < -0.4 is 10.1 Å². The molecule has 0 bridgehead atoms. The molecule has 174 valence electrons. The zero-order valence-corrected chi connectivity index (χ0v) is 20.2. The number of para-hydroxylation sites is 1. The van der Waals surface area contributed by atoms with Crippen LogP contribution in [0, 0.1) is 0 Å². The lowest BCUT2D eigenvalue weighted by Gasteiger charge is -2.26. The number of benzene rings is 2. The lowest BCUT2D eigenvalue weighted by atomic mass is 10.0. The van der Waals surface area contributed by atoms with Gasteiger partial charge in [-0.25, -0.2) is 0 Å². The highest BCUT2D eigenvalue weighted by molar-refractivity contribution is 7.99. The molecule has 1 N–H and O–H groups in total. The Balaban J connectivity index is 1.48. The van der Waals surface area contributed by atoms with Crippen molar-refractivity contribution in [3.63, 3.8) is 0 Å². The summed E-state index contributed by atoms with van der Waals surface area (Å²) < 4.78 is 7.85. The molecule has 2 heterocycles. The van der Waals surface area contributed by atoms with Gasteiger partial charge in [0.15, 0.2) is 11.0 Å². The molecule has 33 heavy (non-hydrogen) atoms. The fourth-order valence-corrected chi connectivity index (χ4v) is 4.96. The first-order valence-corrected chi connectivity index (χ1v) is 12.3.